The molecule has 2 aromatic carbocycles. The maximum atomic E-state index is 13.4. The monoisotopic (exact) mass is 486 g/mol. The largest absolute Gasteiger partial charge is 0.324 e. The van der Waals surface area contributed by atoms with E-state index >= 15 is 0 Å². The number of amides is 1. The molecule has 0 radical (unpaired) electrons. The van der Waals surface area contributed by atoms with Crippen molar-refractivity contribution in [3.05, 3.63) is 82.9 Å². The molecule has 3 heterocycles. The van der Waals surface area contributed by atoms with Gasteiger partial charge in [0, 0.05) is 18.6 Å². The van der Waals surface area contributed by atoms with Crippen molar-refractivity contribution in [1.82, 2.24) is 34.6 Å². The molecular weight excluding hydrogens is 464 g/mol. The van der Waals surface area contributed by atoms with Crippen molar-refractivity contribution >= 4 is 34.3 Å². The van der Waals surface area contributed by atoms with Crippen LogP contribution in [0.5, 0.6) is 0 Å². The first-order valence-corrected chi connectivity index (χ1v) is 11.8. The van der Waals surface area contributed by atoms with Gasteiger partial charge in [0.15, 0.2) is 5.69 Å². The molecule has 0 spiro atoms. The molecule has 0 saturated carbocycles. The lowest BCUT2D eigenvalue weighted by Crippen LogP contribution is -2.24. The second-order valence-electron chi connectivity index (χ2n) is 7.91. The van der Waals surface area contributed by atoms with Gasteiger partial charge in [0.25, 0.3) is 5.56 Å². The molecule has 0 aliphatic heterocycles. The summed E-state index contributed by atoms with van der Waals surface area (Å²) in [5, 5.41) is 15.5. The molecule has 0 aliphatic carbocycles. The zero-order valence-electron chi connectivity index (χ0n) is 19.3. The van der Waals surface area contributed by atoms with Crippen molar-refractivity contribution in [2.75, 3.05) is 5.32 Å². The molecule has 1 amide bonds. The zero-order valence-corrected chi connectivity index (χ0v) is 20.1. The highest BCUT2D eigenvalue weighted by molar-refractivity contribution is 8.00. The van der Waals surface area contributed by atoms with E-state index in [4.69, 9.17) is 0 Å². The Hall–Kier alpha value is -4.25. The predicted octanol–water partition coefficient (Wildman–Crippen LogP) is 3.13. The van der Waals surface area contributed by atoms with Gasteiger partial charge in [0.1, 0.15) is 0 Å². The Morgan fingerprint density at radius 2 is 1.86 bits per heavy atom. The van der Waals surface area contributed by atoms with Gasteiger partial charge in [-0.05, 0) is 60.7 Å². The van der Waals surface area contributed by atoms with Crippen LogP contribution in [0.3, 0.4) is 0 Å². The van der Waals surface area contributed by atoms with Crippen LogP contribution in [-0.4, -0.2) is 45.7 Å². The number of hydrogen-bond acceptors (Lipinski definition) is 7. The Morgan fingerprint density at radius 3 is 2.66 bits per heavy atom. The summed E-state index contributed by atoms with van der Waals surface area (Å²) in [6.07, 6.45) is 1.71. The number of benzene rings is 2. The number of pyridine rings is 1. The van der Waals surface area contributed by atoms with Crippen LogP contribution in [-0.2, 0) is 11.8 Å². The number of thioether (sulfide) groups is 1. The highest BCUT2D eigenvalue weighted by Crippen LogP contribution is 2.26. The number of nitrogens with zero attached hydrogens (tertiary/aromatic N) is 7. The Balaban J connectivity index is 1.42. The van der Waals surface area contributed by atoms with Crippen molar-refractivity contribution < 1.29 is 4.79 Å². The molecule has 0 aliphatic rings. The van der Waals surface area contributed by atoms with Gasteiger partial charge < -0.3 is 5.32 Å². The molecule has 1 unspecified atom stereocenters. The number of tetrazole rings is 1. The van der Waals surface area contributed by atoms with Crippen LogP contribution < -0.4 is 10.9 Å². The first kappa shape index (κ1) is 22.5. The SMILES string of the molecule is Cc1c(-n2nnnc2SC(C)C(=O)Nc2cccc3ncccc23)c(=O)n(-c2ccccc2)n1C. The number of fused-ring (bicyclic) bond motifs is 1. The molecule has 0 fully saturated rings. The van der Waals surface area contributed by atoms with Crippen LogP contribution in [0.1, 0.15) is 12.6 Å². The number of aromatic nitrogens is 7. The van der Waals surface area contributed by atoms with E-state index in [1.807, 2.05) is 67.6 Å². The van der Waals surface area contributed by atoms with Crippen molar-refractivity contribution in [3.8, 4) is 11.4 Å². The van der Waals surface area contributed by atoms with Gasteiger partial charge in [-0.3, -0.25) is 19.3 Å². The van der Waals surface area contributed by atoms with Crippen molar-refractivity contribution in [1.29, 1.82) is 0 Å². The van der Waals surface area contributed by atoms with E-state index in [-0.39, 0.29) is 11.5 Å². The third kappa shape index (κ3) is 4.10. The fraction of sp³-hybridized carbons (Fsp3) is 0.167. The summed E-state index contributed by atoms with van der Waals surface area (Å²) in [6.45, 7) is 3.60. The molecule has 1 atom stereocenters. The Morgan fingerprint density at radius 1 is 1.06 bits per heavy atom. The Kier molecular flexibility index (Phi) is 5.91. The highest BCUT2D eigenvalue weighted by Gasteiger charge is 2.25. The molecule has 5 rings (SSSR count). The number of carbonyl (C=O) groups is 1. The van der Waals surface area contributed by atoms with Crippen LogP contribution in [0.25, 0.3) is 22.3 Å². The third-order valence-corrected chi connectivity index (χ3v) is 6.76. The predicted molar refractivity (Wildman–Crippen MR) is 134 cm³/mol. The van der Waals surface area contributed by atoms with Crippen molar-refractivity contribution in [2.24, 2.45) is 7.05 Å². The van der Waals surface area contributed by atoms with Crippen LogP contribution in [0.2, 0.25) is 0 Å². The first-order valence-electron chi connectivity index (χ1n) is 10.9. The van der Waals surface area contributed by atoms with Crippen LogP contribution in [0.15, 0.2) is 76.8 Å². The minimum absolute atomic E-state index is 0.215. The van der Waals surface area contributed by atoms with Gasteiger partial charge in [0.05, 0.1) is 27.8 Å². The topological polar surface area (TPSA) is 113 Å². The zero-order chi connectivity index (χ0) is 24.5. The molecular formula is C24H22N8O2S. The molecule has 11 heteroatoms. The average molecular weight is 487 g/mol. The number of rotatable bonds is 6. The van der Waals surface area contributed by atoms with Crippen molar-refractivity contribution in [3.63, 3.8) is 0 Å². The molecule has 0 saturated heterocycles. The number of para-hydroxylation sites is 1. The average Bonchev–Trinajstić information content (AvgIpc) is 3.40. The quantitative estimate of drug-likeness (QED) is 0.367. The lowest BCUT2D eigenvalue weighted by molar-refractivity contribution is -0.115. The summed E-state index contributed by atoms with van der Waals surface area (Å²) in [5.74, 6) is -0.215. The lowest BCUT2D eigenvalue weighted by atomic mass is 10.2. The van der Waals surface area contributed by atoms with Gasteiger partial charge in [-0.2, -0.15) is 4.68 Å². The lowest BCUT2D eigenvalue weighted by Gasteiger charge is -2.13. The van der Waals surface area contributed by atoms with E-state index in [0.717, 1.165) is 16.6 Å². The molecule has 0 bridgehead atoms. The smallest absolute Gasteiger partial charge is 0.297 e. The fourth-order valence-electron chi connectivity index (χ4n) is 3.85. The summed E-state index contributed by atoms with van der Waals surface area (Å²) < 4.78 is 4.71. The Labute approximate surface area is 204 Å². The van der Waals surface area contributed by atoms with E-state index in [1.165, 1.54) is 16.4 Å². The number of anilines is 1. The van der Waals surface area contributed by atoms with E-state index in [2.05, 4.69) is 25.8 Å². The maximum absolute atomic E-state index is 13.4. The van der Waals surface area contributed by atoms with Gasteiger partial charge in [-0.15, -0.1) is 5.10 Å². The summed E-state index contributed by atoms with van der Waals surface area (Å²) >= 11 is 1.17. The second-order valence-corrected chi connectivity index (χ2v) is 9.22. The molecule has 10 nitrogen and oxygen atoms in total. The van der Waals surface area contributed by atoms with Crippen molar-refractivity contribution in [2.45, 2.75) is 24.3 Å². The van der Waals surface area contributed by atoms with Crippen LogP contribution >= 0.6 is 11.8 Å². The van der Waals surface area contributed by atoms with Crippen LogP contribution in [0.4, 0.5) is 5.69 Å². The first-order chi connectivity index (χ1) is 17.0. The number of hydrogen-bond donors (Lipinski definition) is 1. The second kappa shape index (κ2) is 9.18. The fourth-order valence-corrected chi connectivity index (χ4v) is 4.64. The molecule has 176 valence electrons. The number of nitrogens with one attached hydrogen (secondary N) is 1. The van der Waals surface area contributed by atoms with E-state index in [0.29, 0.717) is 22.2 Å². The Bertz CT molecular complexity index is 1580. The van der Waals surface area contributed by atoms with E-state index < -0.39 is 5.25 Å². The molecule has 35 heavy (non-hydrogen) atoms. The molecule has 3 aromatic heterocycles. The molecule has 5 aromatic rings. The highest BCUT2D eigenvalue weighted by atomic mass is 32.2. The summed E-state index contributed by atoms with van der Waals surface area (Å²) in [6, 6.07) is 18.7. The summed E-state index contributed by atoms with van der Waals surface area (Å²) in [5.41, 5.74) is 2.96. The third-order valence-electron chi connectivity index (χ3n) is 5.73. The summed E-state index contributed by atoms with van der Waals surface area (Å²) in [4.78, 5) is 30.7. The van der Waals surface area contributed by atoms with Gasteiger partial charge in [-0.25, -0.2) is 4.68 Å². The summed E-state index contributed by atoms with van der Waals surface area (Å²) in [7, 11) is 1.81. The van der Waals surface area contributed by atoms with E-state index in [1.54, 1.807) is 29.5 Å². The van der Waals surface area contributed by atoms with Crippen LogP contribution in [0, 0.1) is 6.92 Å². The minimum atomic E-state index is -0.535. The maximum Gasteiger partial charge on any atom is 0.297 e. The number of carbonyl (C=O) groups excluding carboxylic acids is 1. The molecule has 1 N–H and O–H groups in total. The van der Waals surface area contributed by atoms with Gasteiger partial charge in [-0.1, -0.05) is 36.0 Å². The standard InChI is InChI=1S/C24H22N8O2S/c1-15-21(23(34)32(30(15)3)17-9-5-4-6-10-17)31-24(27-28-29-31)35-16(2)22(33)26-20-13-7-12-19-18(20)11-8-14-25-19/h4-14,16H,1-3H3,(H,26,33). The van der Waals surface area contributed by atoms with Gasteiger partial charge >= 0.3 is 0 Å². The van der Waals surface area contributed by atoms with E-state index in [9.17, 15) is 9.59 Å². The minimum Gasteiger partial charge on any atom is -0.324 e. The van der Waals surface area contributed by atoms with Gasteiger partial charge in [0.2, 0.25) is 11.1 Å². The normalized spacial score (nSPS) is 12.1.